The Kier molecular flexibility index (Phi) is 6.76. The molecular weight excluding hydrogens is 324 g/mol. The number of amides is 3. The molecule has 0 radical (unpaired) electrons. The van der Waals surface area contributed by atoms with E-state index in [1.807, 2.05) is 29.2 Å². The molecule has 1 fully saturated rings. The Morgan fingerprint density at radius 3 is 2.88 bits per heavy atom. The fourth-order valence-corrected chi connectivity index (χ4v) is 2.80. The summed E-state index contributed by atoms with van der Waals surface area (Å²) in [4.78, 5) is 37.0. The van der Waals surface area contributed by atoms with Crippen molar-refractivity contribution in [3.8, 4) is 5.75 Å². The monoisotopic (exact) mass is 348 g/mol. The fourth-order valence-electron chi connectivity index (χ4n) is 2.80. The summed E-state index contributed by atoms with van der Waals surface area (Å²) in [5.74, 6) is -0.189. The third kappa shape index (κ3) is 5.46. The van der Waals surface area contributed by atoms with Crippen LogP contribution in [-0.4, -0.2) is 55.4 Å². The smallest absolute Gasteiger partial charge is 0.237 e. The van der Waals surface area contributed by atoms with Crippen LogP contribution in [-0.2, 0) is 20.9 Å². The van der Waals surface area contributed by atoms with E-state index >= 15 is 0 Å². The molecule has 25 heavy (non-hydrogen) atoms. The van der Waals surface area contributed by atoms with Crippen LogP contribution in [0.3, 0.4) is 0 Å². The first-order valence-corrected chi connectivity index (χ1v) is 8.20. The molecule has 1 atom stereocenters. The summed E-state index contributed by atoms with van der Waals surface area (Å²) in [7, 11) is 1.60. The molecule has 1 saturated heterocycles. The number of carbonyl (C=O) groups is 3. The van der Waals surface area contributed by atoms with Crippen LogP contribution in [0, 0.1) is 0 Å². The lowest BCUT2D eigenvalue weighted by atomic mass is 10.1. The first-order valence-electron chi connectivity index (χ1n) is 8.20. The normalized spacial score (nSPS) is 17.6. The number of carbonyl (C=O) groups excluding carboxylic acids is 3. The van der Waals surface area contributed by atoms with Gasteiger partial charge in [-0.2, -0.15) is 0 Å². The second-order valence-corrected chi connectivity index (χ2v) is 5.86. The van der Waals surface area contributed by atoms with Crippen molar-refractivity contribution in [2.45, 2.75) is 25.4 Å². The van der Waals surface area contributed by atoms with Gasteiger partial charge < -0.3 is 21.1 Å². The Balaban J connectivity index is 2.01. The molecule has 0 aromatic heterocycles. The minimum Gasteiger partial charge on any atom is -0.496 e. The van der Waals surface area contributed by atoms with Crippen molar-refractivity contribution in [1.82, 2.24) is 15.5 Å². The van der Waals surface area contributed by atoms with Crippen LogP contribution in [0.1, 0.15) is 18.4 Å². The lowest BCUT2D eigenvalue weighted by molar-refractivity contribution is -0.134. The van der Waals surface area contributed by atoms with Crippen molar-refractivity contribution in [2.75, 3.05) is 26.7 Å². The van der Waals surface area contributed by atoms with E-state index in [0.717, 1.165) is 11.3 Å². The van der Waals surface area contributed by atoms with Gasteiger partial charge in [-0.1, -0.05) is 18.2 Å². The number of rotatable bonds is 8. The zero-order chi connectivity index (χ0) is 18.2. The summed E-state index contributed by atoms with van der Waals surface area (Å²) in [5.41, 5.74) is 6.00. The maximum Gasteiger partial charge on any atom is 0.237 e. The molecule has 1 aromatic rings. The molecule has 0 spiro atoms. The molecule has 1 aromatic carbocycles. The summed E-state index contributed by atoms with van der Waals surface area (Å²) in [6.07, 6.45) is 0.104. The van der Waals surface area contributed by atoms with E-state index in [4.69, 9.17) is 10.5 Å². The highest BCUT2D eigenvalue weighted by molar-refractivity contribution is 5.89. The first-order chi connectivity index (χ1) is 12.0. The highest BCUT2D eigenvalue weighted by atomic mass is 16.5. The average molecular weight is 348 g/mol. The number of hydrogen-bond acceptors (Lipinski definition) is 5. The van der Waals surface area contributed by atoms with Gasteiger partial charge in [-0.05, 0) is 6.07 Å². The van der Waals surface area contributed by atoms with Crippen molar-refractivity contribution in [1.29, 1.82) is 0 Å². The van der Waals surface area contributed by atoms with Gasteiger partial charge in [0.15, 0.2) is 0 Å². The molecular formula is C17H24N4O4. The summed E-state index contributed by atoms with van der Waals surface area (Å²) in [6, 6.07) is 7.04. The van der Waals surface area contributed by atoms with Crippen LogP contribution in [0.4, 0.5) is 0 Å². The number of ether oxygens (including phenoxy) is 1. The molecule has 0 bridgehead atoms. The molecule has 8 heteroatoms. The number of primary amides is 1. The molecule has 136 valence electrons. The summed E-state index contributed by atoms with van der Waals surface area (Å²) in [5, 5.41) is 5.41. The quantitative estimate of drug-likeness (QED) is 0.579. The Labute approximate surface area is 146 Å². The topological polar surface area (TPSA) is 114 Å². The number of para-hydroxylation sites is 1. The van der Waals surface area contributed by atoms with E-state index in [1.54, 1.807) is 7.11 Å². The molecule has 0 unspecified atom stereocenters. The van der Waals surface area contributed by atoms with Gasteiger partial charge in [0.25, 0.3) is 0 Å². The highest BCUT2D eigenvalue weighted by Crippen LogP contribution is 2.21. The van der Waals surface area contributed by atoms with E-state index < -0.39 is 11.9 Å². The van der Waals surface area contributed by atoms with Crippen LogP contribution in [0.25, 0.3) is 0 Å². The largest absolute Gasteiger partial charge is 0.496 e. The van der Waals surface area contributed by atoms with E-state index in [2.05, 4.69) is 10.6 Å². The molecule has 1 aliphatic rings. The molecule has 0 saturated carbocycles. The molecule has 2 rings (SSSR count). The van der Waals surface area contributed by atoms with Crippen molar-refractivity contribution in [3.05, 3.63) is 29.8 Å². The Morgan fingerprint density at radius 1 is 1.40 bits per heavy atom. The third-order valence-corrected chi connectivity index (χ3v) is 4.08. The maximum absolute atomic E-state index is 12.2. The zero-order valence-electron chi connectivity index (χ0n) is 14.3. The Hall–Kier alpha value is -2.61. The van der Waals surface area contributed by atoms with E-state index in [-0.39, 0.29) is 31.2 Å². The zero-order valence-corrected chi connectivity index (χ0v) is 14.3. The number of nitrogens with one attached hydrogen (secondary N) is 2. The Bertz CT molecular complexity index is 635. The standard InChI is InChI=1S/C17H24N4O4/c1-25-14-5-3-2-4-12(14)11-21-9-8-20-17(24)13(21)10-16(23)19-7-6-15(18)22/h2-5,13H,6-11H2,1H3,(H2,18,22)(H,19,23)(H,20,24)/t13-/m1/s1. The average Bonchev–Trinajstić information content (AvgIpc) is 2.58. The number of piperazine rings is 1. The predicted molar refractivity (Wildman–Crippen MR) is 91.6 cm³/mol. The molecule has 1 aliphatic heterocycles. The number of nitrogens with two attached hydrogens (primary N) is 1. The van der Waals surface area contributed by atoms with Crippen molar-refractivity contribution < 1.29 is 19.1 Å². The molecule has 8 nitrogen and oxygen atoms in total. The van der Waals surface area contributed by atoms with Crippen molar-refractivity contribution in [2.24, 2.45) is 5.73 Å². The van der Waals surface area contributed by atoms with Gasteiger partial charge in [-0.3, -0.25) is 19.3 Å². The summed E-state index contributed by atoms with van der Waals surface area (Å²) in [6.45, 7) is 1.86. The van der Waals surface area contributed by atoms with Gasteiger partial charge in [0.05, 0.1) is 19.6 Å². The maximum atomic E-state index is 12.2. The summed E-state index contributed by atoms with van der Waals surface area (Å²) < 4.78 is 5.36. The first kappa shape index (κ1) is 18.7. The minimum absolute atomic E-state index is 0.0275. The molecule has 3 amide bonds. The van der Waals surface area contributed by atoms with E-state index in [0.29, 0.717) is 19.6 Å². The molecule has 0 aliphatic carbocycles. The third-order valence-electron chi connectivity index (χ3n) is 4.08. The van der Waals surface area contributed by atoms with Crippen LogP contribution in [0.2, 0.25) is 0 Å². The van der Waals surface area contributed by atoms with Crippen molar-refractivity contribution >= 4 is 17.7 Å². The number of methoxy groups -OCH3 is 1. The van der Waals surface area contributed by atoms with E-state index in [9.17, 15) is 14.4 Å². The lowest BCUT2D eigenvalue weighted by Gasteiger charge is -2.35. The SMILES string of the molecule is COc1ccccc1CN1CCNC(=O)[C@H]1CC(=O)NCCC(N)=O. The van der Waals surface area contributed by atoms with E-state index in [1.165, 1.54) is 0 Å². The second kappa shape index (κ2) is 9.03. The summed E-state index contributed by atoms with van der Waals surface area (Å²) >= 11 is 0. The van der Waals surface area contributed by atoms with Crippen LogP contribution >= 0.6 is 0 Å². The van der Waals surface area contributed by atoms with Gasteiger partial charge in [0.2, 0.25) is 17.7 Å². The number of nitrogens with zero attached hydrogens (tertiary/aromatic N) is 1. The molecule has 4 N–H and O–H groups in total. The second-order valence-electron chi connectivity index (χ2n) is 5.86. The van der Waals surface area contributed by atoms with Gasteiger partial charge in [-0.25, -0.2) is 0 Å². The van der Waals surface area contributed by atoms with Crippen LogP contribution in [0.15, 0.2) is 24.3 Å². The van der Waals surface area contributed by atoms with Crippen LogP contribution < -0.4 is 21.1 Å². The lowest BCUT2D eigenvalue weighted by Crippen LogP contribution is -2.56. The van der Waals surface area contributed by atoms with Gasteiger partial charge in [0.1, 0.15) is 5.75 Å². The highest BCUT2D eigenvalue weighted by Gasteiger charge is 2.31. The van der Waals surface area contributed by atoms with Gasteiger partial charge in [-0.15, -0.1) is 0 Å². The number of benzene rings is 1. The van der Waals surface area contributed by atoms with Crippen molar-refractivity contribution in [3.63, 3.8) is 0 Å². The fraction of sp³-hybridized carbons (Fsp3) is 0.471. The number of hydrogen-bond donors (Lipinski definition) is 3. The minimum atomic E-state index is -0.563. The van der Waals surface area contributed by atoms with Gasteiger partial charge in [0, 0.05) is 38.2 Å². The van der Waals surface area contributed by atoms with Crippen LogP contribution in [0.5, 0.6) is 5.75 Å². The predicted octanol–water partition coefficient (Wildman–Crippen LogP) is -0.623. The molecule has 1 heterocycles. The Morgan fingerprint density at radius 2 is 2.16 bits per heavy atom. The van der Waals surface area contributed by atoms with Gasteiger partial charge >= 0.3 is 0 Å².